The van der Waals surface area contributed by atoms with Crippen LogP contribution in [0.25, 0.3) is 11.1 Å². The molecule has 3 aromatic rings. The van der Waals surface area contributed by atoms with Crippen molar-refractivity contribution in [2.75, 3.05) is 19.6 Å². The minimum Gasteiger partial charge on any atom is -0.508 e. The van der Waals surface area contributed by atoms with Gasteiger partial charge in [-0.25, -0.2) is 0 Å². The van der Waals surface area contributed by atoms with Crippen molar-refractivity contribution in [2.45, 2.75) is 32.4 Å². The predicted octanol–water partition coefficient (Wildman–Crippen LogP) is 5.64. The SMILES string of the molecule is [2H]c1cc(C2Oc3cc(O)ccc3C(C([2H])([2H])[2H])=C2c2ccc(O)cc2)cc([2H])c1OC1CN(CCC([2H])[2H])C1. The molecule has 0 bridgehead atoms. The molecular weight excluding hydrogens is 414 g/mol. The second kappa shape index (κ2) is 8.83. The molecule has 2 heterocycles. The average molecular weight is 451 g/mol. The van der Waals surface area contributed by atoms with Crippen LogP contribution in [-0.4, -0.2) is 40.9 Å². The fourth-order valence-corrected chi connectivity index (χ4v) is 4.18. The second-order valence-electron chi connectivity index (χ2n) is 8.21. The van der Waals surface area contributed by atoms with Gasteiger partial charge < -0.3 is 19.7 Å². The van der Waals surface area contributed by atoms with Gasteiger partial charge >= 0.3 is 0 Å². The number of benzene rings is 3. The van der Waals surface area contributed by atoms with Gasteiger partial charge in [0.1, 0.15) is 35.2 Å². The zero-order valence-electron chi connectivity index (χ0n) is 24.9. The van der Waals surface area contributed by atoms with Crippen LogP contribution >= 0.6 is 0 Å². The van der Waals surface area contributed by atoms with Gasteiger partial charge in [-0.05, 0) is 72.9 Å². The van der Waals surface area contributed by atoms with Gasteiger partial charge in [0, 0.05) is 37.1 Å². The minimum absolute atomic E-state index is 0.00976. The molecule has 5 rings (SSSR count). The van der Waals surface area contributed by atoms with E-state index in [1.54, 1.807) is 12.1 Å². The van der Waals surface area contributed by atoms with Crippen LogP contribution < -0.4 is 9.47 Å². The van der Waals surface area contributed by atoms with Crippen molar-refractivity contribution in [3.05, 3.63) is 83.4 Å². The molecule has 0 amide bonds. The van der Waals surface area contributed by atoms with Crippen LogP contribution in [-0.2, 0) is 0 Å². The first-order valence-corrected chi connectivity index (χ1v) is 10.8. The van der Waals surface area contributed by atoms with Gasteiger partial charge in [0.25, 0.3) is 0 Å². The standard InChI is InChI=1S/C28H29NO4/c1-3-14-29-16-24(17-29)32-23-11-6-20(7-12-23)28-27(19-4-8-21(30)9-5-19)18(2)25-13-10-22(31)15-26(25)33-28/h4-13,15,24,28,30-31H,3,14,16-17H2,1-2H3/i1D2,2D3,11D,12D. The quantitative estimate of drug-likeness (QED) is 0.509. The Hall–Kier alpha value is -3.44. The molecule has 2 N–H and O–H groups in total. The molecule has 2 aliphatic heterocycles. The van der Waals surface area contributed by atoms with E-state index in [0.29, 0.717) is 48.3 Å². The number of phenolic OH excluding ortho intramolecular Hbond substituents is 2. The van der Waals surface area contributed by atoms with Gasteiger partial charge in [0.05, 0.1) is 2.74 Å². The minimum atomic E-state index is -2.58. The van der Waals surface area contributed by atoms with Gasteiger partial charge in [-0.1, -0.05) is 31.1 Å². The van der Waals surface area contributed by atoms with Crippen molar-refractivity contribution >= 4 is 11.1 Å². The monoisotopic (exact) mass is 450 g/mol. The van der Waals surface area contributed by atoms with Crippen LogP contribution in [0.3, 0.4) is 0 Å². The van der Waals surface area contributed by atoms with Crippen molar-refractivity contribution in [3.63, 3.8) is 0 Å². The van der Waals surface area contributed by atoms with Gasteiger partial charge in [0.2, 0.25) is 0 Å². The van der Waals surface area contributed by atoms with Gasteiger partial charge in [-0.2, -0.15) is 0 Å². The molecule has 0 saturated carbocycles. The summed E-state index contributed by atoms with van der Waals surface area (Å²) >= 11 is 0. The van der Waals surface area contributed by atoms with E-state index in [9.17, 15) is 10.2 Å². The average Bonchev–Trinajstić information content (AvgIpc) is 2.85. The Kier molecular flexibility index (Phi) is 3.92. The van der Waals surface area contributed by atoms with Crippen molar-refractivity contribution in [2.24, 2.45) is 0 Å². The Labute approximate surface area is 204 Å². The van der Waals surface area contributed by atoms with Crippen LogP contribution in [0.2, 0.25) is 0 Å². The molecule has 5 heteroatoms. The summed E-state index contributed by atoms with van der Waals surface area (Å²) in [6.45, 7) is -1.68. The molecule has 1 fully saturated rings. The number of nitrogens with zero attached hydrogens (tertiary/aromatic N) is 1. The maximum Gasteiger partial charge on any atom is 0.150 e. The van der Waals surface area contributed by atoms with Crippen LogP contribution in [0.15, 0.2) is 66.7 Å². The predicted molar refractivity (Wildman–Crippen MR) is 130 cm³/mol. The lowest BCUT2D eigenvalue weighted by atomic mass is 9.86. The smallest absolute Gasteiger partial charge is 0.150 e. The summed E-state index contributed by atoms with van der Waals surface area (Å²) in [5.41, 5.74) is 1.48. The third-order valence-corrected chi connectivity index (χ3v) is 5.89. The third kappa shape index (κ3) is 4.29. The topological polar surface area (TPSA) is 62.2 Å². The van der Waals surface area contributed by atoms with E-state index in [0.717, 1.165) is 0 Å². The number of fused-ring (bicyclic) bond motifs is 1. The highest BCUT2D eigenvalue weighted by molar-refractivity contribution is 5.95. The molecule has 33 heavy (non-hydrogen) atoms. The molecule has 0 aromatic heterocycles. The van der Waals surface area contributed by atoms with E-state index >= 15 is 0 Å². The van der Waals surface area contributed by atoms with E-state index in [1.165, 1.54) is 42.5 Å². The Morgan fingerprint density at radius 1 is 1.06 bits per heavy atom. The van der Waals surface area contributed by atoms with Crippen LogP contribution in [0.1, 0.15) is 52.5 Å². The van der Waals surface area contributed by atoms with Crippen LogP contribution in [0.5, 0.6) is 23.0 Å². The number of phenols is 2. The number of allylic oxidation sites excluding steroid dienone is 1. The Morgan fingerprint density at radius 2 is 1.82 bits per heavy atom. The number of aromatic hydroxyl groups is 2. The normalized spacial score (nSPS) is 22.0. The summed E-state index contributed by atoms with van der Waals surface area (Å²) in [7, 11) is 0. The fraction of sp³-hybridized carbons (Fsp3) is 0.286. The van der Waals surface area contributed by atoms with Gasteiger partial charge in [-0.15, -0.1) is 0 Å². The summed E-state index contributed by atoms with van der Waals surface area (Å²) in [6, 6.07) is 13.2. The molecule has 0 spiro atoms. The maximum atomic E-state index is 10.1. The summed E-state index contributed by atoms with van der Waals surface area (Å²) in [4.78, 5) is 2.05. The highest BCUT2D eigenvalue weighted by atomic mass is 16.5. The summed E-state index contributed by atoms with van der Waals surface area (Å²) in [5.74, 6) is 0.175. The number of likely N-dealkylation sites (tertiary alicyclic amines) is 1. The molecule has 5 nitrogen and oxygen atoms in total. The first kappa shape index (κ1) is 14.7. The third-order valence-electron chi connectivity index (χ3n) is 5.89. The molecule has 1 saturated heterocycles. The van der Waals surface area contributed by atoms with Crippen molar-refractivity contribution in [1.82, 2.24) is 4.90 Å². The van der Waals surface area contributed by atoms with E-state index in [-0.39, 0.29) is 46.8 Å². The molecule has 1 unspecified atom stereocenters. The lowest BCUT2D eigenvalue weighted by molar-refractivity contribution is 0.0202. The first-order chi connectivity index (χ1) is 18.9. The molecule has 1 atom stereocenters. The molecule has 0 radical (unpaired) electrons. The Morgan fingerprint density at radius 3 is 2.55 bits per heavy atom. The second-order valence-corrected chi connectivity index (χ2v) is 8.21. The highest BCUT2D eigenvalue weighted by Gasteiger charge is 2.30. The maximum absolute atomic E-state index is 10.1. The lowest BCUT2D eigenvalue weighted by Crippen LogP contribution is -2.53. The zero-order valence-corrected chi connectivity index (χ0v) is 17.9. The molecule has 170 valence electrons. The van der Waals surface area contributed by atoms with Crippen LogP contribution in [0.4, 0.5) is 0 Å². The van der Waals surface area contributed by atoms with E-state index in [1.807, 2.05) is 0 Å². The summed E-state index contributed by atoms with van der Waals surface area (Å²) in [5, 5.41) is 20.0. The molecule has 2 aliphatic rings. The van der Waals surface area contributed by atoms with Crippen molar-refractivity contribution in [3.8, 4) is 23.0 Å². The summed E-state index contributed by atoms with van der Waals surface area (Å²) in [6.07, 6.45) is -0.811. The van der Waals surface area contributed by atoms with Crippen LogP contribution in [0, 0.1) is 0 Å². The van der Waals surface area contributed by atoms with E-state index < -0.39 is 19.8 Å². The molecule has 0 aliphatic carbocycles. The number of rotatable bonds is 6. The summed E-state index contributed by atoms with van der Waals surface area (Å²) < 4.78 is 69.3. The first-order valence-electron chi connectivity index (χ1n) is 14.4. The lowest BCUT2D eigenvalue weighted by Gasteiger charge is -2.38. The Balaban J connectivity index is 1.53. The number of hydrogen-bond donors (Lipinski definition) is 2. The number of hydrogen-bond acceptors (Lipinski definition) is 5. The molecule has 3 aromatic carbocycles. The fourth-order valence-electron chi connectivity index (χ4n) is 4.18. The number of ether oxygens (including phenoxy) is 2. The molecular formula is C28H29NO4. The van der Waals surface area contributed by atoms with Gasteiger partial charge in [0.15, 0.2) is 0 Å². The largest absolute Gasteiger partial charge is 0.508 e. The van der Waals surface area contributed by atoms with E-state index in [2.05, 4.69) is 4.90 Å². The van der Waals surface area contributed by atoms with E-state index in [4.69, 9.17) is 19.1 Å². The zero-order chi connectivity index (χ0) is 28.8. The van der Waals surface area contributed by atoms with Gasteiger partial charge in [-0.3, -0.25) is 4.90 Å². The highest BCUT2D eigenvalue weighted by Crippen LogP contribution is 2.47. The van der Waals surface area contributed by atoms with Crippen molar-refractivity contribution in [1.29, 1.82) is 0 Å². The van der Waals surface area contributed by atoms with Crippen molar-refractivity contribution < 1.29 is 29.3 Å². The Bertz CT molecular complexity index is 1410.